The molecule has 0 saturated heterocycles. The van der Waals surface area contributed by atoms with Crippen LogP contribution in [0.15, 0.2) is 12.3 Å². The summed E-state index contributed by atoms with van der Waals surface area (Å²) in [5.41, 5.74) is 0.405. The van der Waals surface area contributed by atoms with Crippen LogP contribution < -0.4 is 5.32 Å². The Bertz CT molecular complexity index is 428. The van der Waals surface area contributed by atoms with Crippen molar-refractivity contribution in [2.75, 3.05) is 5.32 Å². The lowest BCUT2D eigenvalue weighted by Gasteiger charge is -2.12. The maximum absolute atomic E-state index is 8.76. The molecule has 0 aromatic carbocycles. The van der Waals surface area contributed by atoms with Crippen molar-refractivity contribution in [3.63, 3.8) is 0 Å². The Morgan fingerprint density at radius 2 is 2.47 bits per heavy atom. The highest BCUT2D eigenvalue weighted by Crippen LogP contribution is 2.23. The highest BCUT2D eigenvalue weighted by Gasteiger charge is 2.08. The summed E-state index contributed by atoms with van der Waals surface area (Å²) < 4.78 is 0. The Morgan fingerprint density at radius 1 is 1.73 bits per heavy atom. The van der Waals surface area contributed by atoms with Gasteiger partial charge >= 0.3 is 0 Å². The number of aromatic nitrogens is 1. The first kappa shape index (κ1) is 11.4. The molecule has 0 aliphatic heterocycles. The summed E-state index contributed by atoms with van der Waals surface area (Å²) in [6.45, 7) is 1.93. The van der Waals surface area contributed by atoms with Gasteiger partial charge < -0.3 is 5.32 Å². The zero-order chi connectivity index (χ0) is 11.3. The van der Waals surface area contributed by atoms with E-state index in [0.717, 1.165) is 0 Å². The molecule has 0 fully saturated rings. The zero-order valence-corrected chi connectivity index (χ0v) is 9.04. The lowest BCUT2D eigenvalue weighted by atomic mass is 10.2. The third-order valence-corrected chi connectivity index (χ3v) is 2.20. The van der Waals surface area contributed by atoms with E-state index in [1.807, 2.05) is 13.0 Å². The van der Waals surface area contributed by atoms with E-state index in [2.05, 4.69) is 16.2 Å². The predicted molar refractivity (Wildman–Crippen MR) is 60.5 cm³/mol. The molecular weight excluding hydrogens is 210 g/mol. The third kappa shape index (κ3) is 2.87. The maximum Gasteiger partial charge on any atom is 0.146 e. The zero-order valence-electron chi connectivity index (χ0n) is 8.29. The van der Waals surface area contributed by atoms with Crippen LogP contribution >= 0.6 is 11.6 Å². The van der Waals surface area contributed by atoms with Crippen molar-refractivity contribution in [1.29, 1.82) is 5.26 Å². The largest absolute Gasteiger partial charge is 0.365 e. The van der Waals surface area contributed by atoms with Crippen LogP contribution in [-0.2, 0) is 0 Å². The molecule has 1 N–H and O–H groups in total. The van der Waals surface area contributed by atoms with Crippen molar-refractivity contribution in [2.45, 2.75) is 19.4 Å². The van der Waals surface area contributed by atoms with Crippen molar-refractivity contribution >= 4 is 17.4 Å². The molecule has 1 heterocycles. The predicted octanol–water partition coefficient (Wildman–Crippen LogP) is 2.43. The maximum atomic E-state index is 8.76. The van der Waals surface area contributed by atoms with Crippen molar-refractivity contribution in [3.8, 4) is 18.4 Å². The van der Waals surface area contributed by atoms with Crippen LogP contribution in [0.25, 0.3) is 0 Å². The highest BCUT2D eigenvalue weighted by atomic mass is 35.5. The molecule has 0 bridgehead atoms. The normalized spacial score (nSPS) is 11.2. The number of hydrogen-bond donors (Lipinski definition) is 1. The Morgan fingerprint density at radius 3 is 3.07 bits per heavy atom. The summed E-state index contributed by atoms with van der Waals surface area (Å²) in [4.78, 5) is 4.05. The van der Waals surface area contributed by atoms with Crippen LogP contribution in [0.3, 0.4) is 0 Å². The van der Waals surface area contributed by atoms with Gasteiger partial charge in [0.25, 0.3) is 0 Å². The average molecular weight is 220 g/mol. The first-order valence-electron chi connectivity index (χ1n) is 4.43. The van der Waals surface area contributed by atoms with E-state index in [1.165, 1.54) is 6.20 Å². The molecule has 0 aliphatic carbocycles. The SMILES string of the molecule is C#CCC(C)Nc1nccc(C#N)c1Cl. The molecule has 0 aliphatic rings. The van der Waals surface area contributed by atoms with E-state index >= 15 is 0 Å². The number of nitrogens with zero attached hydrogens (tertiary/aromatic N) is 2. The Kier molecular flexibility index (Phi) is 3.97. The van der Waals surface area contributed by atoms with E-state index in [9.17, 15) is 0 Å². The van der Waals surface area contributed by atoms with Gasteiger partial charge in [-0.3, -0.25) is 0 Å². The Labute approximate surface area is 94.1 Å². The first-order chi connectivity index (χ1) is 7.19. The molecule has 1 atom stereocenters. The minimum Gasteiger partial charge on any atom is -0.365 e. The Balaban J connectivity index is 2.88. The second kappa shape index (κ2) is 5.24. The van der Waals surface area contributed by atoms with Gasteiger partial charge in [0.15, 0.2) is 0 Å². The molecule has 0 amide bonds. The number of hydrogen-bond acceptors (Lipinski definition) is 3. The third-order valence-electron chi connectivity index (χ3n) is 1.82. The summed E-state index contributed by atoms with van der Waals surface area (Å²) in [5, 5.41) is 12.1. The minimum absolute atomic E-state index is 0.0777. The molecule has 1 rings (SSSR count). The molecule has 4 heteroatoms. The number of rotatable bonds is 3. The first-order valence-corrected chi connectivity index (χ1v) is 4.81. The van der Waals surface area contributed by atoms with E-state index in [1.54, 1.807) is 6.07 Å². The monoisotopic (exact) mass is 219 g/mol. The van der Waals surface area contributed by atoms with E-state index in [0.29, 0.717) is 22.8 Å². The smallest absolute Gasteiger partial charge is 0.146 e. The van der Waals surface area contributed by atoms with Gasteiger partial charge in [-0.2, -0.15) is 5.26 Å². The second-order valence-electron chi connectivity index (χ2n) is 3.09. The van der Waals surface area contributed by atoms with Gasteiger partial charge in [0.2, 0.25) is 0 Å². The van der Waals surface area contributed by atoms with Gasteiger partial charge in [-0.25, -0.2) is 4.98 Å². The molecular formula is C11H10ClN3. The quantitative estimate of drug-likeness (QED) is 0.795. The number of halogens is 1. The van der Waals surface area contributed by atoms with Crippen LogP contribution in [0.4, 0.5) is 5.82 Å². The number of terminal acetylenes is 1. The molecule has 76 valence electrons. The number of nitrogens with one attached hydrogen (secondary N) is 1. The topological polar surface area (TPSA) is 48.7 Å². The summed E-state index contributed by atoms with van der Waals surface area (Å²) >= 11 is 5.95. The molecule has 1 aromatic rings. The van der Waals surface area contributed by atoms with Gasteiger partial charge in [0, 0.05) is 18.7 Å². The molecule has 0 saturated carbocycles. The van der Waals surface area contributed by atoms with Crippen molar-refractivity contribution in [1.82, 2.24) is 4.98 Å². The minimum atomic E-state index is 0.0777. The molecule has 1 aromatic heterocycles. The van der Waals surface area contributed by atoms with Crippen LogP contribution in [0, 0.1) is 23.7 Å². The van der Waals surface area contributed by atoms with Crippen LogP contribution in [-0.4, -0.2) is 11.0 Å². The van der Waals surface area contributed by atoms with Gasteiger partial charge in [-0.15, -0.1) is 12.3 Å². The summed E-state index contributed by atoms with van der Waals surface area (Å²) in [6.07, 6.45) is 7.30. The summed E-state index contributed by atoms with van der Waals surface area (Å²) in [6, 6.07) is 3.64. The number of nitriles is 1. The summed E-state index contributed by atoms with van der Waals surface area (Å²) in [7, 11) is 0. The van der Waals surface area contributed by atoms with E-state index < -0.39 is 0 Å². The highest BCUT2D eigenvalue weighted by molar-refractivity contribution is 6.34. The van der Waals surface area contributed by atoms with Crippen molar-refractivity contribution in [3.05, 3.63) is 22.8 Å². The number of anilines is 1. The molecule has 15 heavy (non-hydrogen) atoms. The Hall–Kier alpha value is -1.71. The van der Waals surface area contributed by atoms with Crippen molar-refractivity contribution < 1.29 is 0 Å². The summed E-state index contributed by atoms with van der Waals surface area (Å²) in [5.74, 6) is 3.04. The fourth-order valence-corrected chi connectivity index (χ4v) is 1.30. The second-order valence-corrected chi connectivity index (χ2v) is 3.46. The van der Waals surface area contributed by atoms with E-state index in [4.69, 9.17) is 23.3 Å². The van der Waals surface area contributed by atoms with Gasteiger partial charge in [0.05, 0.1) is 5.56 Å². The molecule has 1 unspecified atom stereocenters. The van der Waals surface area contributed by atoms with E-state index in [-0.39, 0.29) is 6.04 Å². The fraction of sp³-hybridized carbons (Fsp3) is 0.273. The molecule has 3 nitrogen and oxygen atoms in total. The van der Waals surface area contributed by atoms with Crippen LogP contribution in [0.1, 0.15) is 18.9 Å². The molecule has 0 spiro atoms. The lowest BCUT2D eigenvalue weighted by Crippen LogP contribution is -2.15. The van der Waals surface area contributed by atoms with Gasteiger partial charge in [-0.1, -0.05) is 11.6 Å². The lowest BCUT2D eigenvalue weighted by molar-refractivity contribution is 0.822. The average Bonchev–Trinajstić information content (AvgIpc) is 2.21. The van der Waals surface area contributed by atoms with Crippen molar-refractivity contribution in [2.24, 2.45) is 0 Å². The van der Waals surface area contributed by atoms with Crippen LogP contribution in [0.5, 0.6) is 0 Å². The fourth-order valence-electron chi connectivity index (χ4n) is 1.09. The number of pyridine rings is 1. The standard InChI is InChI=1S/C11H10ClN3/c1-3-4-8(2)15-11-10(12)9(7-13)5-6-14-11/h1,5-6,8H,4H2,2H3,(H,14,15). The van der Waals surface area contributed by atoms with Gasteiger partial charge in [-0.05, 0) is 13.0 Å². The van der Waals surface area contributed by atoms with Gasteiger partial charge in [0.1, 0.15) is 16.9 Å². The molecule has 0 radical (unpaired) electrons. The van der Waals surface area contributed by atoms with Crippen LogP contribution in [0.2, 0.25) is 5.02 Å².